The van der Waals surface area contributed by atoms with Crippen LogP contribution in [0.5, 0.6) is 0 Å². The quantitative estimate of drug-likeness (QED) is 0.432. The van der Waals surface area contributed by atoms with E-state index in [-0.39, 0.29) is 30.1 Å². The number of rotatable bonds is 1. The van der Waals surface area contributed by atoms with Crippen molar-refractivity contribution in [3.05, 3.63) is 0 Å². The summed E-state index contributed by atoms with van der Waals surface area (Å²) in [6.07, 6.45) is 8.40. The summed E-state index contributed by atoms with van der Waals surface area (Å²) in [7, 11) is 0. The fraction of sp³-hybridized carbons (Fsp3) is 0.929. The van der Waals surface area contributed by atoms with Gasteiger partial charge in [0.15, 0.2) is 5.96 Å². The van der Waals surface area contributed by atoms with Gasteiger partial charge in [0.25, 0.3) is 0 Å². The Morgan fingerprint density at radius 2 is 2.05 bits per heavy atom. The van der Waals surface area contributed by atoms with Gasteiger partial charge in [0.05, 0.1) is 18.8 Å². The van der Waals surface area contributed by atoms with E-state index in [2.05, 4.69) is 11.8 Å². The Labute approximate surface area is 133 Å². The summed E-state index contributed by atoms with van der Waals surface area (Å²) in [5, 5.41) is 0. The van der Waals surface area contributed by atoms with Crippen LogP contribution in [-0.4, -0.2) is 42.7 Å². The molecule has 0 bridgehead atoms. The Kier molecular flexibility index (Phi) is 4.98. The number of ether oxygens (including phenoxy) is 1. The van der Waals surface area contributed by atoms with Gasteiger partial charge in [0, 0.05) is 13.1 Å². The first-order valence-electron chi connectivity index (χ1n) is 7.39. The molecule has 4 nitrogen and oxygen atoms in total. The Morgan fingerprint density at radius 3 is 2.63 bits per heavy atom. The monoisotopic (exact) mass is 379 g/mol. The first-order valence-corrected chi connectivity index (χ1v) is 7.39. The topological polar surface area (TPSA) is 50.8 Å². The van der Waals surface area contributed by atoms with Crippen molar-refractivity contribution < 1.29 is 4.74 Å². The molecule has 1 heterocycles. The molecule has 5 heteroatoms. The minimum absolute atomic E-state index is 0. The van der Waals surface area contributed by atoms with E-state index in [1.807, 2.05) is 0 Å². The van der Waals surface area contributed by atoms with Crippen molar-refractivity contribution in [1.29, 1.82) is 0 Å². The molecule has 0 amide bonds. The lowest BCUT2D eigenvalue weighted by Gasteiger charge is -2.45. The molecule has 1 spiro atoms. The van der Waals surface area contributed by atoms with Gasteiger partial charge >= 0.3 is 0 Å². The van der Waals surface area contributed by atoms with Crippen molar-refractivity contribution in [2.75, 3.05) is 19.7 Å². The summed E-state index contributed by atoms with van der Waals surface area (Å²) >= 11 is 0. The Balaban J connectivity index is 0.00000133. The average Bonchev–Trinajstić information content (AvgIpc) is 2.86. The lowest BCUT2D eigenvalue weighted by molar-refractivity contribution is 0.00463. The smallest absolute Gasteiger partial charge is 0.191 e. The van der Waals surface area contributed by atoms with Gasteiger partial charge in [-0.15, -0.1) is 24.0 Å². The van der Waals surface area contributed by atoms with Crippen molar-refractivity contribution in [3.63, 3.8) is 0 Å². The Morgan fingerprint density at radius 1 is 1.32 bits per heavy atom. The van der Waals surface area contributed by atoms with Gasteiger partial charge in [-0.25, -0.2) is 4.99 Å². The molecule has 3 fully saturated rings. The third-order valence-electron chi connectivity index (χ3n) is 5.08. The second kappa shape index (κ2) is 6.16. The first-order chi connectivity index (χ1) is 8.70. The Hall–Kier alpha value is -0.0400. The molecule has 19 heavy (non-hydrogen) atoms. The number of nitrogens with two attached hydrogens (primary N) is 1. The standard InChI is InChI=1S/C14H25N3O.HI/c1-11-10-17(8-9-18-11)13(15)16-12-4-7-14(12)5-2-3-6-14;/h11-12H,2-10H2,1H3,(H2,15,16);1H. The maximum Gasteiger partial charge on any atom is 0.191 e. The van der Waals surface area contributed by atoms with E-state index in [0.717, 1.165) is 25.7 Å². The number of hydrogen-bond donors (Lipinski definition) is 1. The van der Waals surface area contributed by atoms with E-state index in [1.165, 1.54) is 38.5 Å². The average molecular weight is 379 g/mol. The minimum atomic E-state index is 0. The molecule has 1 saturated heterocycles. The van der Waals surface area contributed by atoms with Crippen LogP contribution in [0.3, 0.4) is 0 Å². The van der Waals surface area contributed by atoms with Crippen LogP contribution >= 0.6 is 24.0 Å². The number of morpholine rings is 1. The van der Waals surface area contributed by atoms with Crippen LogP contribution in [0.2, 0.25) is 0 Å². The van der Waals surface area contributed by atoms with Gasteiger partial charge in [-0.3, -0.25) is 0 Å². The van der Waals surface area contributed by atoms with Crippen LogP contribution in [0.15, 0.2) is 4.99 Å². The highest BCUT2D eigenvalue weighted by atomic mass is 127. The van der Waals surface area contributed by atoms with Crippen LogP contribution in [0, 0.1) is 5.41 Å². The predicted octanol–water partition coefficient (Wildman–Crippen LogP) is 2.36. The van der Waals surface area contributed by atoms with Gasteiger partial charge in [-0.05, 0) is 38.0 Å². The van der Waals surface area contributed by atoms with Gasteiger partial charge in [-0.2, -0.15) is 0 Å². The van der Waals surface area contributed by atoms with Crippen molar-refractivity contribution in [2.45, 2.75) is 57.6 Å². The number of guanidine groups is 1. The number of nitrogens with zero attached hydrogens (tertiary/aromatic N) is 2. The highest BCUT2D eigenvalue weighted by Crippen LogP contribution is 2.54. The number of aliphatic imine (C=N–C) groups is 1. The summed E-state index contributed by atoms with van der Waals surface area (Å²) in [5.41, 5.74) is 6.72. The molecule has 3 aliphatic rings. The van der Waals surface area contributed by atoms with Crippen molar-refractivity contribution in [3.8, 4) is 0 Å². The molecule has 0 radical (unpaired) electrons. The zero-order valence-corrected chi connectivity index (χ0v) is 14.1. The van der Waals surface area contributed by atoms with Crippen LogP contribution < -0.4 is 5.73 Å². The maximum absolute atomic E-state index is 6.19. The van der Waals surface area contributed by atoms with Crippen molar-refractivity contribution in [2.24, 2.45) is 16.1 Å². The van der Waals surface area contributed by atoms with Crippen molar-refractivity contribution >= 4 is 29.9 Å². The molecule has 2 atom stereocenters. The van der Waals surface area contributed by atoms with Crippen LogP contribution in [0.25, 0.3) is 0 Å². The summed E-state index contributed by atoms with van der Waals surface area (Å²) in [6, 6.07) is 0.498. The van der Waals surface area contributed by atoms with Crippen LogP contribution in [0.1, 0.15) is 45.4 Å². The number of halogens is 1. The third-order valence-corrected chi connectivity index (χ3v) is 5.08. The van der Waals surface area contributed by atoms with Gasteiger partial charge in [0.1, 0.15) is 0 Å². The maximum atomic E-state index is 6.19. The predicted molar refractivity (Wildman–Crippen MR) is 87.9 cm³/mol. The highest BCUT2D eigenvalue weighted by Gasteiger charge is 2.48. The molecular formula is C14H26IN3O. The van der Waals surface area contributed by atoms with E-state index in [1.54, 1.807) is 0 Å². The molecule has 2 aliphatic carbocycles. The lowest BCUT2D eigenvalue weighted by atomic mass is 9.63. The molecule has 110 valence electrons. The molecule has 0 aromatic rings. The molecule has 1 aliphatic heterocycles. The summed E-state index contributed by atoms with van der Waals surface area (Å²) in [5.74, 6) is 0.751. The summed E-state index contributed by atoms with van der Waals surface area (Å²) < 4.78 is 5.54. The zero-order valence-electron chi connectivity index (χ0n) is 11.8. The zero-order chi connectivity index (χ0) is 12.6. The fourth-order valence-corrected chi connectivity index (χ4v) is 3.81. The van der Waals surface area contributed by atoms with E-state index in [9.17, 15) is 0 Å². The van der Waals surface area contributed by atoms with Gasteiger partial charge in [0.2, 0.25) is 0 Å². The largest absolute Gasteiger partial charge is 0.375 e. The Bertz CT molecular complexity index is 342. The van der Waals surface area contributed by atoms with E-state index < -0.39 is 0 Å². The molecule has 3 rings (SSSR count). The van der Waals surface area contributed by atoms with Crippen LogP contribution in [-0.2, 0) is 4.74 Å². The lowest BCUT2D eigenvalue weighted by Crippen LogP contribution is -2.50. The summed E-state index contributed by atoms with van der Waals surface area (Å²) in [4.78, 5) is 7.03. The molecule has 2 N–H and O–H groups in total. The number of hydrogen-bond acceptors (Lipinski definition) is 2. The van der Waals surface area contributed by atoms with Crippen LogP contribution in [0.4, 0.5) is 0 Å². The molecular weight excluding hydrogens is 353 g/mol. The first kappa shape index (κ1) is 15.4. The van der Waals surface area contributed by atoms with Gasteiger partial charge in [-0.1, -0.05) is 12.8 Å². The molecule has 0 aromatic heterocycles. The molecule has 2 saturated carbocycles. The van der Waals surface area contributed by atoms with E-state index >= 15 is 0 Å². The van der Waals surface area contributed by atoms with Gasteiger partial charge < -0.3 is 15.4 Å². The SMILES string of the molecule is CC1CN(C(N)=NC2CCC23CCCC3)CCO1.I. The highest BCUT2D eigenvalue weighted by molar-refractivity contribution is 14.0. The minimum Gasteiger partial charge on any atom is -0.375 e. The fourth-order valence-electron chi connectivity index (χ4n) is 3.81. The van der Waals surface area contributed by atoms with E-state index in [0.29, 0.717) is 11.5 Å². The second-order valence-electron chi connectivity index (χ2n) is 6.24. The summed E-state index contributed by atoms with van der Waals surface area (Å²) in [6.45, 7) is 4.64. The molecule has 2 unspecified atom stereocenters. The molecule has 0 aromatic carbocycles. The second-order valence-corrected chi connectivity index (χ2v) is 6.24. The normalized spacial score (nSPS) is 33.9. The third kappa shape index (κ3) is 3.01. The van der Waals surface area contributed by atoms with E-state index in [4.69, 9.17) is 15.5 Å². The van der Waals surface area contributed by atoms with Crippen molar-refractivity contribution in [1.82, 2.24) is 4.90 Å².